The van der Waals surface area contributed by atoms with Gasteiger partial charge in [0, 0.05) is 11.3 Å². The molecule has 0 bridgehead atoms. The molecule has 2 aromatic rings. The van der Waals surface area contributed by atoms with Gasteiger partial charge in [0.2, 0.25) is 0 Å². The summed E-state index contributed by atoms with van der Waals surface area (Å²) in [6.07, 6.45) is 1.15. The quantitative estimate of drug-likeness (QED) is 0.504. The molecule has 66 valence electrons. The molecule has 0 unspecified atom stereocenters. The minimum Gasteiger partial charge on any atom is -0.0717 e. The van der Waals surface area contributed by atoms with Crippen LogP contribution in [0.5, 0.6) is 0 Å². The van der Waals surface area contributed by atoms with Gasteiger partial charge in [0.1, 0.15) is 0 Å². The van der Waals surface area contributed by atoms with Gasteiger partial charge in [-0.1, -0.05) is 44.9 Å². The van der Waals surface area contributed by atoms with Crippen LogP contribution in [-0.2, 0) is 6.42 Å². The van der Waals surface area contributed by atoms with Gasteiger partial charge in [0.25, 0.3) is 0 Å². The highest BCUT2D eigenvalue weighted by molar-refractivity contribution is 8.07. The molecule has 1 aromatic carbocycles. The lowest BCUT2D eigenvalue weighted by atomic mass is 10.1. The van der Waals surface area contributed by atoms with Gasteiger partial charge in [-0.3, -0.25) is 0 Å². The molecule has 0 fully saturated rings. The highest BCUT2D eigenvalue weighted by Gasteiger charge is 2.18. The standard InChI is InChI=1S/C9H6S4/c1-2-4-7-6(3-1)5-8-9(7)11-13-12-10-8/h1-4H,5H2. The molecule has 1 aliphatic carbocycles. The van der Waals surface area contributed by atoms with Gasteiger partial charge >= 0.3 is 0 Å². The molecular formula is C9H6S4. The predicted octanol–water partition coefficient (Wildman–Crippen LogP) is 4.63. The van der Waals surface area contributed by atoms with E-state index in [1.165, 1.54) is 16.0 Å². The van der Waals surface area contributed by atoms with Crippen LogP contribution in [0.15, 0.2) is 24.3 Å². The van der Waals surface area contributed by atoms with Crippen LogP contribution in [0.25, 0.3) is 10.4 Å². The first-order valence-electron chi connectivity index (χ1n) is 3.94. The smallest absolute Gasteiger partial charge is 0.0603 e. The molecule has 0 nitrogen and oxygen atoms in total. The molecule has 0 atom stereocenters. The fourth-order valence-electron chi connectivity index (χ4n) is 1.56. The van der Waals surface area contributed by atoms with E-state index in [9.17, 15) is 0 Å². The summed E-state index contributed by atoms with van der Waals surface area (Å²) in [7, 11) is 7.60. The fourth-order valence-corrected chi connectivity index (χ4v) is 8.15. The maximum Gasteiger partial charge on any atom is 0.0603 e. The second kappa shape index (κ2) is 3.20. The highest BCUT2D eigenvalue weighted by atomic mass is 33.4. The van der Waals surface area contributed by atoms with E-state index in [1.54, 1.807) is 4.88 Å². The van der Waals surface area contributed by atoms with Gasteiger partial charge in [-0.25, -0.2) is 0 Å². The van der Waals surface area contributed by atoms with Crippen molar-refractivity contribution in [2.45, 2.75) is 6.42 Å². The Morgan fingerprint density at radius 1 is 1.00 bits per heavy atom. The van der Waals surface area contributed by atoms with Crippen molar-refractivity contribution in [2.24, 2.45) is 0 Å². The van der Waals surface area contributed by atoms with Crippen LogP contribution in [0, 0.1) is 0 Å². The number of hydrogen-bond acceptors (Lipinski definition) is 4. The molecule has 4 heteroatoms. The van der Waals surface area contributed by atoms with Crippen molar-refractivity contribution >= 4 is 39.4 Å². The molecule has 0 aliphatic heterocycles. The highest BCUT2D eigenvalue weighted by Crippen LogP contribution is 2.44. The first-order chi connectivity index (χ1) is 6.45. The van der Waals surface area contributed by atoms with Crippen LogP contribution >= 0.6 is 39.4 Å². The summed E-state index contributed by atoms with van der Waals surface area (Å²) in [5, 5.41) is 0. The van der Waals surface area contributed by atoms with Gasteiger partial charge in [-0.2, -0.15) is 0 Å². The van der Waals surface area contributed by atoms with E-state index in [0.717, 1.165) is 6.42 Å². The van der Waals surface area contributed by atoms with E-state index in [0.29, 0.717) is 0 Å². The number of rotatable bonds is 0. The Labute approximate surface area is 90.6 Å². The van der Waals surface area contributed by atoms with E-state index in [1.807, 2.05) is 39.4 Å². The molecule has 0 radical (unpaired) electrons. The lowest BCUT2D eigenvalue weighted by molar-refractivity contribution is 1.31. The zero-order valence-corrected chi connectivity index (χ0v) is 9.92. The third-order valence-electron chi connectivity index (χ3n) is 2.15. The largest absolute Gasteiger partial charge is 0.0717 e. The van der Waals surface area contributed by atoms with E-state index < -0.39 is 0 Å². The Morgan fingerprint density at radius 3 is 2.85 bits per heavy atom. The second-order valence-corrected chi connectivity index (χ2v) is 8.66. The van der Waals surface area contributed by atoms with Crippen LogP contribution in [0.2, 0.25) is 0 Å². The van der Waals surface area contributed by atoms with Crippen molar-refractivity contribution in [1.29, 1.82) is 0 Å². The van der Waals surface area contributed by atoms with Crippen LogP contribution < -0.4 is 0 Å². The Balaban J connectivity index is 2.32. The van der Waals surface area contributed by atoms with Crippen LogP contribution in [0.4, 0.5) is 0 Å². The molecule has 13 heavy (non-hydrogen) atoms. The lowest BCUT2D eigenvalue weighted by Gasteiger charge is -1.95. The fraction of sp³-hybridized carbons (Fsp3) is 0.111. The summed E-state index contributed by atoms with van der Waals surface area (Å²) in [6.45, 7) is 0. The molecule has 0 amide bonds. The van der Waals surface area contributed by atoms with Crippen molar-refractivity contribution in [3.8, 4) is 10.4 Å². The van der Waals surface area contributed by atoms with E-state index in [4.69, 9.17) is 0 Å². The SMILES string of the molecule is c1ccc2c(c1)Cc1ssssc1-2. The Kier molecular flexibility index (Phi) is 2.01. The van der Waals surface area contributed by atoms with Crippen molar-refractivity contribution in [3.05, 3.63) is 34.7 Å². The zero-order valence-electron chi connectivity index (χ0n) is 6.65. The van der Waals surface area contributed by atoms with Gasteiger partial charge in [-0.05, 0) is 29.8 Å². The Hall–Kier alpha value is -0.160. The van der Waals surface area contributed by atoms with Crippen molar-refractivity contribution < 1.29 is 0 Å². The topological polar surface area (TPSA) is 0 Å². The molecular weight excluding hydrogens is 236 g/mol. The molecule has 3 rings (SSSR count). The van der Waals surface area contributed by atoms with Crippen LogP contribution in [-0.4, -0.2) is 0 Å². The lowest BCUT2D eigenvalue weighted by Crippen LogP contribution is -1.75. The number of benzene rings is 1. The summed E-state index contributed by atoms with van der Waals surface area (Å²) in [4.78, 5) is 3.05. The molecule has 0 N–H and O–H groups in total. The molecule has 1 heterocycles. The van der Waals surface area contributed by atoms with E-state index in [2.05, 4.69) is 24.3 Å². The normalized spacial score (nSPS) is 12.3. The summed E-state index contributed by atoms with van der Waals surface area (Å²) in [5.41, 5.74) is 2.96. The summed E-state index contributed by atoms with van der Waals surface area (Å²) in [5.74, 6) is 0. The summed E-state index contributed by atoms with van der Waals surface area (Å²) < 4.78 is 0. The van der Waals surface area contributed by atoms with Crippen molar-refractivity contribution in [3.63, 3.8) is 0 Å². The van der Waals surface area contributed by atoms with Gasteiger partial charge in [-0.15, -0.1) is 0 Å². The molecule has 1 aliphatic rings. The number of hydrogen-bond donors (Lipinski definition) is 0. The third-order valence-corrected chi connectivity index (χ3v) is 8.55. The second-order valence-electron chi connectivity index (χ2n) is 2.89. The maximum atomic E-state index is 2.24. The molecule has 0 saturated carbocycles. The predicted molar refractivity (Wildman–Crippen MR) is 63.8 cm³/mol. The average Bonchev–Trinajstić information content (AvgIpc) is 2.56. The van der Waals surface area contributed by atoms with Gasteiger partial charge in [0.05, 0.1) is 4.88 Å². The Morgan fingerprint density at radius 2 is 1.85 bits per heavy atom. The zero-order chi connectivity index (χ0) is 8.67. The molecule has 0 spiro atoms. The monoisotopic (exact) mass is 242 g/mol. The minimum atomic E-state index is 1.15. The average molecular weight is 242 g/mol. The van der Waals surface area contributed by atoms with Gasteiger partial charge in [0.15, 0.2) is 0 Å². The number of fused-ring (bicyclic) bond motifs is 3. The van der Waals surface area contributed by atoms with E-state index >= 15 is 0 Å². The van der Waals surface area contributed by atoms with Crippen LogP contribution in [0.3, 0.4) is 0 Å². The van der Waals surface area contributed by atoms with Crippen molar-refractivity contribution in [2.75, 3.05) is 0 Å². The van der Waals surface area contributed by atoms with Crippen LogP contribution in [0.1, 0.15) is 10.4 Å². The third kappa shape index (κ3) is 1.29. The minimum absolute atomic E-state index is 1.15. The summed E-state index contributed by atoms with van der Waals surface area (Å²) in [6, 6.07) is 8.74. The Bertz CT molecular complexity index is 423. The molecule has 0 saturated heterocycles. The first kappa shape index (κ1) is 8.17. The van der Waals surface area contributed by atoms with Crippen molar-refractivity contribution in [1.82, 2.24) is 0 Å². The maximum absolute atomic E-state index is 2.24. The summed E-state index contributed by atoms with van der Waals surface area (Å²) >= 11 is 0. The molecule has 1 aromatic heterocycles. The first-order valence-corrected chi connectivity index (χ1v) is 8.76. The van der Waals surface area contributed by atoms with E-state index in [-0.39, 0.29) is 0 Å². The van der Waals surface area contributed by atoms with Gasteiger partial charge < -0.3 is 0 Å².